The second-order valence-electron chi connectivity index (χ2n) is 4.33. The first-order valence-corrected chi connectivity index (χ1v) is 4.79. The fourth-order valence-corrected chi connectivity index (χ4v) is 1.01. The van der Waals surface area contributed by atoms with Crippen LogP contribution < -0.4 is 11.1 Å². The third kappa shape index (κ3) is 5.55. The zero-order valence-corrected chi connectivity index (χ0v) is 9.13. The first kappa shape index (κ1) is 12.9. The summed E-state index contributed by atoms with van der Waals surface area (Å²) in [7, 11) is 0. The number of amides is 1. The van der Waals surface area contributed by atoms with E-state index in [9.17, 15) is 4.79 Å². The van der Waals surface area contributed by atoms with Gasteiger partial charge >= 0.3 is 0 Å². The summed E-state index contributed by atoms with van der Waals surface area (Å²) in [5.74, 6) is -0.346. The Kier molecular flexibility index (Phi) is 5.18. The lowest BCUT2D eigenvalue weighted by Crippen LogP contribution is -2.43. The molecule has 0 rings (SSSR count). The van der Waals surface area contributed by atoms with Gasteiger partial charge in [-0.05, 0) is 18.8 Å². The van der Waals surface area contributed by atoms with E-state index in [1.165, 1.54) is 0 Å². The van der Waals surface area contributed by atoms with Gasteiger partial charge < -0.3 is 11.1 Å². The normalized spacial score (nSPS) is 13.3. The van der Waals surface area contributed by atoms with Crippen molar-refractivity contribution in [3.05, 3.63) is 0 Å². The predicted octanol–water partition coefficient (Wildman–Crippen LogP) is 0.780. The molecule has 0 spiro atoms. The van der Waals surface area contributed by atoms with E-state index in [0.29, 0.717) is 13.0 Å². The predicted molar refractivity (Wildman–Crippen MR) is 55.3 cm³/mol. The van der Waals surface area contributed by atoms with Crippen molar-refractivity contribution in [2.24, 2.45) is 11.1 Å². The Labute approximate surface area is 85.5 Å². The fraction of sp³-hybridized carbons (Fsp3) is 0.800. The standard InChI is InChI=1S/C10H19N3O/c1-8(9(12)14)13-7-10(2,3)5-4-6-11/h8,13H,4-5,7H2,1-3H3,(H2,12,14). The van der Waals surface area contributed by atoms with Crippen LogP contribution in [0.1, 0.15) is 33.6 Å². The van der Waals surface area contributed by atoms with Crippen LogP contribution in [0.15, 0.2) is 0 Å². The van der Waals surface area contributed by atoms with Gasteiger partial charge in [-0.25, -0.2) is 0 Å². The molecular formula is C10H19N3O. The number of nitrogens with one attached hydrogen (secondary N) is 1. The number of rotatable bonds is 6. The number of nitrogens with two attached hydrogens (primary N) is 1. The molecule has 0 heterocycles. The molecule has 0 saturated heterocycles. The molecule has 1 unspecified atom stereocenters. The quantitative estimate of drug-likeness (QED) is 0.660. The van der Waals surface area contributed by atoms with Gasteiger partial charge in [0.25, 0.3) is 0 Å². The molecule has 0 bridgehead atoms. The molecule has 14 heavy (non-hydrogen) atoms. The minimum atomic E-state index is -0.346. The Morgan fingerprint density at radius 1 is 1.64 bits per heavy atom. The zero-order chi connectivity index (χ0) is 11.2. The second kappa shape index (κ2) is 5.61. The van der Waals surface area contributed by atoms with Gasteiger partial charge in [-0.15, -0.1) is 0 Å². The van der Waals surface area contributed by atoms with Crippen molar-refractivity contribution < 1.29 is 4.79 Å². The lowest BCUT2D eigenvalue weighted by molar-refractivity contribution is -0.119. The third-order valence-electron chi connectivity index (χ3n) is 2.23. The second-order valence-corrected chi connectivity index (χ2v) is 4.33. The highest BCUT2D eigenvalue weighted by Crippen LogP contribution is 2.20. The molecule has 80 valence electrons. The molecule has 4 heteroatoms. The summed E-state index contributed by atoms with van der Waals surface area (Å²) in [5, 5.41) is 11.5. The molecule has 1 atom stereocenters. The summed E-state index contributed by atoms with van der Waals surface area (Å²) in [6, 6.07) is 1.81. The van der Waals surface area contributed by atoms with Crippen molar-refractivity contribution in [1.29, 1.82) is 5.26 Å². The lowest BCUT2D eigenvalue weighted by atomic mass is 9.88. The minimum absolute atomic E-state index is 0.0272. The van der Waals surface area contributed by atoms with Crippen LogP contribution in [0.2, 0.25) is 0 Å². The van der Waals surface area contributed by atoms with Gasteiger partial charge in [0, 0.05) is 13.0 Å². The third-order valence-corrected chi connectivity index (χ3v) is 2.23. The Morgan fingerprint density at radius 2 is 2.21 bits per heavy atom. The van der Waals surface area contributed by atoms with Crippen molar-refractivity contribution in [2.75, 3.05) is 6.54 Å². The molecule has 3 N–H and O–H groups in total. The minimum Gasteiger partial charge on any atom is -0.368 e. The van der Waals surface area contributed by atoms with E-state index in [0.717, 1.165) is 6.42 Å². The van der Waals surface area contributed by atoms with Crippen LogP contribution in [0, 0.1) is 16.7 Å². The van der Waals surface area contributed by atoms with Crippen LogP contribution in [0.4, 0.5) is 0 Å². The highest BCUT2D eigenvalue weighted by atomic mass is 16.1. The van der Waals surface area contributed by atoms with Crippen LogP contribution in [0.5, 0.6) is 0 Å². The van der Waals surface area contributed by atoms with Gasteiger partial charge in [0.05, 0.1) is 12.1 Å². The molecule has 0 aliphatic rings. The molecule has 4 nitrogen and oxygen atoms in total. The number of hydrogen-bond donors (Lipinski definition) is 2. The monoisotopic (exact) mass is 197 g/mol. The number of nitrogens with zero attached hydrogens (tertiary/aromatic N) is 1. The molecule has 0 aliphatic heterocycles. The van der Waals surface area contributed by atoms with E-state index in [-0.39, 0.29) is 17.4 Å². The first-order valence-electron chi connectivity index (χ1n) is 4.79. The van der Waals surface area contributed by atoms with Crippen molar-refractivity contribution in [3.8, 4) is 6.07 Å². The molecule has 0 radical (unpaired) electrons. The Balaban J connectivity index is 3.87. The van der Waals surface area contributed by atoms with E-state index in [1.54, 1.807) is 6.92 Å². The van der Waals surface area contributed by atoms with Crippen molar-refractivity contribution >= 4 is 5.91 Å². The molecule has 0 saturated carbocycles. The van der Waals surface area contributed by atoms with E-state index in [1.807, 2.05) is 0 Å². The summed E-state index contributed by atoms with van der Waals surface area (Å²) in [6.45, 7) is 6.55. The van der Waals surface area contributed by atoms with Gasteiger partial charge in [0.2, 0.25) is 5.91 Å². The lowest BCUT2D eigenvalue weighted by Gasteiger charge is -2.25. The Bertz CT molecular complexity index is 230. The molecule has 0 aliphatic carbocycles. The molecular weight excluding hydrogens is 178 g/mol. The average molecular weight is 197 g/mol. The van der Waals surface area contributed by atoms with Gasteiger partial charge in [0.1, 0.15) is 0 Å². The van der Waals surface area contributed by atoms with Crippen LogP contribution in [0.25, 0.3) is 0 Å². The number of primary amides is 1. The summed E-state index contributed by atoms with van der Waals surface area (Å²) in [4.78, 5) is 10.7. The van der Waals surface area contributed by atoms with Crippen LogP contribution in [-0.2, 0) is 4.79 Å². The Hall–Kier alpha value is -1.08. The van der Waals surface area contributed by atoms with E-state index in [2.05, 4.69) is 25.2 Å². The average Bonchev–Trinajstić information content (AvgIpc) is 2.11. The maximum absolute atomic E-state index is 10.7. The van der Waals surface area contributed by atoms with Crippen molar-refractivity contribution in [2.45, 2.75) is 39.7 Å². The SMILES string of the molecule is CC(NCC(C)(C)CCC#N)C(N)=O. The van der Waals surface area contributed by atoms with Gasteiger partial charge in [0.15, 0.2) is 0 Å². The number of nitriles is 1. The summed E-state index contributed by atoms with van der Waals surface area (Å²) >= 11 is 0. The smallest absolute Gasteiger partial charge is 0.234 e. The zero-order valence-electron chi connectivity index (χ0n) is 9.13. The number of carbonyl (C=O) groups excluding carboxylic acids is 1. The molecule has 0 aromatic heterocycles. The molecule has 0 aromatic rings. The molecule has 0 aromatic carbocycles. The fourth-order valence-electron chi connectivity index (χ4n) is 1.01. The van der Waals surface area contributed by atoms with E-state index < -0.39 is 0 Å². The van der Waals surface area contributed by atoms with Crippen molar-refractivity contribution in [3.63, 3.8) is 0 Å². The van der Waals surface area contributed by atoms with Crippen LogP contribution in [-0.4, -0.2) is 18.5 Å². The van der Waals surface area contributed by atoms with Gasteiger partial charge in [-0.2, -0.15) is 5.26 Å². The van der Waals surface area contributed by atoms with E-state index >= 15 is 0 Å². The van der Waals surface area contributed by atoms with E-state index in [4.69, 9.17) is 11.0 Å². The summed E-state index contributed by atoms with van der Waals surface area (Å²) < 4.78 is 0. The Morgan fingerprint density at radius 3 is 2.64 bits per heavy atom. The van der Waals surface area contributed by atoms with Gasteiger partial charge in [-0.1, -0.05) is 13.8 Å². The van der Waals surface area contributed by atoms with Crippen LogP contribution >= 0.6 is 0 Å². The highest BCUT2D eigenvalue weighted by molar-refractivity contribution is 5.79. The van der Waals surface area contributed by atoms with Gasteiger partial charge in [-0.3, -0.25) is 4.79 Å². The maximum Gasteiger partial charge on any atom is 0.234 e. The highest BCUT2D eigenvalue weighted by Gasteiger charge is 2.19. The maximum atomic E-state index is 10.7. The topological polar surface area (TPSA) is 78.9 Å². The summed E-state index contributed by atoms with van der Waals surface area (Å²) in [5.41, 5.74) is 5.14. The molecule has 1 amide bonds. The number of hydrogen-bond acceptors (Lipinski definition) is 3. The number of carbonyl (C=O) groups is 1. The first-order chi connectivity index (χ1) is 6.39. The van der Waals surface area contributed by atoms with Crippen LogP contribution in [0.3, 0.4) is 0 Å². The van der Waals surface area contributed by atoms with Crippen molar-refractivity contribution in [1.82, 2.24) is 5.32 Å². The summed E-state index contributed by atoms with van der Waals surface area (Å²) in [6.07, 6.45) is 1.36. The molecule has 0 fully saturated rings. The largest absolute Gasteiger partial charge is 0.368 e.